The smallest absolute Gasteiger partial charge is 0.0794 e. The van der Waals surface area contributed by atoms with Crippen molar-refractivity contribution in [1.29, 1.82) is 0 Å². The first-order valence-electron chi connectivity index (χ1n) is 15.3. The molecule has 1 aromatic heterocycles. The molecule has 206 valence electrons. The Hall–Kier alpha value is -5.53. The number of hydrogen-bond acceptors (Lipinski definition) is 1. The van der Waals surface area contributed by atoms with E-state index in [4.69, 9.17) is 4.98 Å². The van der Waals surface area contributed by atoms with E-state index in [1.165, 1.54) is 60.5 Å². The minimum atomic E-state index is -0.421. The van der Waals surface area contributed by atoms with Gasteiger partial charge < -0.3 is 0 Å². The number of rotatable bonds is 2. The van der Waals surface area contributed by atoms with Gasteiger partial charge in [-0.05, 0) is 50.4 Å². The fraction of sp³-hybridized carbons (Fsp3) is 0.0465. The Balaban J connectivity index is 1.31. The maximum Gasteiger partial charge on any atom is 0.0794 e. The summed E-state index contributed by atoms with van der Waals surface area (Å²) in [5.74, 6) is 0.135. The predicted molar refractivity (Wildman–Crippen MR) is 184 cm³/mol. The SMILES string of the molecule is C=C1/C=C\C=C/C2(c3ccc(-c4c5ccccc5nc5c4ccc4ccccc45)cc3)c3ccccc3C1c1ccccc12. The Kier molecular flexibility index (Phi) is 5.39. The van der Waals surface area contributed by atoms with Crippen LogP contribution in [0.1, 0.15) is 33.7 Å². The summed E-state index contributed by atoms with van der Waals surface area (Å²) in [4.78, 5) is 5.17. The molecule has 0 spiro atoms. The molecule has 0 saturated carbocycles. The van der Waals surface area contributed by atoms with Gasteiger partial charge in [-0.1, -0.05) is 158 Å². The van der Waals surface area contributed by atoms with Gasteiger partial charge in [0.15, 0.2) is 0 Å². The highest BCUT2D eigenvalue weighted by molar-refractivity contribution is 6.16. The number of benzene rings is 6. The first-order chi connectivity index (χ1) is 21.7. The van der Waals surface area contributed by atoms with Crippen LogP contribution in [-0.4, -0.2) is 4.98 Å². The number of hydrogen-bond donors (Lipinski definition) is 0. The molecular weight excluding hydrogens is 530 g/mol. The Bertz CT molecular complexity index is 2310. The molecule has 6 aromatic carbocycles. The van der Waals surface area contributed by atoms with Crippen molar-refractivity contribution in [3.8, 4) is 11.1 Å². The van der Waals surface area contributed by atoms with Gasteiger partial charge in [-0.3, -0.25) is 0 Å². The van der Waals surface area contributed by atoms with Gasteiger partial charge >= 0.3 is 0 Å². The fourth-order valence-corrected chi connectivity index (χ4v) is 7.83. The van der Waals surface area contributed by atoms with Gasteiger partial charge in [0.2, 0.25) is 0 Å². The Morgan fingerprint density at radius 1 is 0.568 bits per heavy atom. The van der Waals surface area contributed by atoms with Crippen LogP contribution in [-0.2, 0) is 5.41 Å². The van der Waals surface area contributed by atoms with Crippen LogP contribution in [0.5, 0.6) is 0 Å². The zero-order valence-corrected chi connectivity index (χ0v) is 24.2. The Morgan fingerprint density at radius 2 is 1.23 bits per heavy atom. The molecule has 0 unspecified atom stereocenters. The molecular formula is C43H29N. The first kappa shape index (κ1) is 25.0. The number of fused-ring (bicyclic) bond motifs is 7. The number of para-hydroxylation sites is 1. The average molecular weight is 560 g/mol. The third kappa shape index (κ3) is 3.44. The van der Waals surface area contributed by atoms with Crippen molar-refractivity contribution in [3.63, 3.8) is 0 Å². The van der Waals surface area contributed by atoms with Crippen LogP contribution in [0.2, 0.25) is 0 Å². The van der Waals surface area contributed by atoms with Crippen LogP contribution in [0.15, 0.2) is 170 Å². The highest BCUT2D eigenvalue weighted by atomic mass is 14.7. The van der Waals surface area contributed by atoms with Gasteiger partial charge in [0.05, 0.1) is 16.4 Å². The van der Waals surface area contributed by atoms with Crippen LogP contribution in [0, 0.1) is 0 Å². The molecule has 0 aliphatic heterocycles. The summed E-state index contributed by atoms with van der Waals surface area (Å²) in [6.07, 6.45) is 8.90. The summed E-state index contributed by atoms with van der Waals surface area (Å²) in [6, 6.07) is 48.7. The standard InChI is InChI=1S/C43H29N/c1-28-12-10-11-27-43(37-18-7-4-15-33(37)40(28)34-16-5-8-19-38(34)43)31-24-21-30(22-25-31)41-35-17-6-9-20-39(35)44-42-32-14-3-2-13-29(32)23-26-36(41)42/h2-27,40H,1H2/b12-10-,27-11-. The summed E-state index contributed by atoms with van der Waals surface area (Å²) in [6.45, 7) is 4.52. The third-order valence-corrected chi connectivity index (χ3v) is 9.74. The molecule has 0 atom stereocenters. The normalized spacial score (nSPS) is 20.1. The van der Waals surface area contributed by atoms with E-state index in [0.717, 1.165) is 16.6 Å². The summed E-state index contributed by atoms with van der Waals surface area (Å²) >= 11 is 0. The first-order valence-corrected chi connectivity index (χ1v) is 15.3. The molecule has 44 heavy (non-hydrogen) atoms. The van der Waals surface area contributed by atoms with Crippen LogP contribution in [0.3, 0.4) is 0 Å². The van der Waals surface area contributed by atoms with Crippen molar-refractivity contribution >= 4 is 32.6 Å². The van der Waals surface area contributed by atoms with Crippen molar-refractivity contribution in [1.82, 2.24) is 4.98 Å². The zero-order valence-electron chi connectivity index (χ0n) is 24.2. The van der Waals surface area contributed by atoms with E-state index >= 15 is 0 Å². The lowest BCUT2D eigenvalue weighted by Crippen LogP contribution is -2.34. The van der Waals surface area contributed by atoms with Gasteiger partial charge in [-0.25, -0.2) is 4.98 Å². The third-order valence-electron chi connectivity index (χ3n) is 9.74. The van der Waals surface area contributed by atoms with Crippen LogP contribution < -0.4 is 0 Å². The maximum absolute atomic E-state index is 5.17. The summed E-state index contributed by atoms with van der Waals surface area (Å²) < 4.78 is 0. The van der Waals surface area contributed by atoms with Crippen LogP contribution in [0.25, 0.3) is 43.7 Å². The highest BCUT2D eigenvalue weighted by Crippen LogP contribution is 2.54. The van der Waals surface area contributed by atoms with Gasteiger partial charge in [0.1, 0.15) is 0 Å². The van der Waals surface area contributed by atoms with Crippen LogP contribution in [0.4, 0.5) is 0 Å². The van der Waals surface area contributed by atoms with E-state index in [-0.39, 0.29) is 5.92 Å². The molecule has 2 aliphatic carbocycles. The Morgan fingerprint density at radius 3 is 2.00 bits per heavy atom. The molecule has 1 heterocycles. The minimum Gasteiger partial charge on any atom is -0.247 e. The molecule has 1 nitrogen and oxygen atoms in total. The molecule has 0 amide bonds. The quantitative estimate of drug-likeness (QED) is 0.152. The van der Waals surface area contributed by atoms with Crippen molar-refractivity contribution in [2.75, 3.05) is 0 Å². The molecule has 0 fully saturated rings. The molecule has 0 saturated heterocycles. The van der Waals surface area contributed by atoms with Crippen molar-refractivity contribution in [3.05, 3.63) is 198 Å². The molecule has 0 N–H and O–H groups in total. The van der Waals surface area contributed by atoms with Crippen LogP contribution >= 0.6 is 0 Å². The molecule has 2 aliphatic rings. The average Bonchev–Trinajstić information content (AvgIpc) is 3.18. The molecule has 7 aromatic rings. The second kappa shape index (κ2) is 9.49. The lowest BCUT2D eigenvalue weighted by atomic mass is 9.59. The molecule has 2 bridgehead atoms. The molecule has 1 heteroatoms. The molecule has 9 rings (SSSR count). The second-order valence-corrected chi connectivity index (χ2v) is 12.0. The lowest BCUT2D eigenvalue weighted by molar-refractivity contribution is 0.706. The number of aromatic nitrogens is 1. The summed E-state index contributed by atoms with van der Waals surface area (Å²) in [5, 5.41) is 4.74. The fourth-order valence-electron chi connectivity index (χ4n) is 7.83. The Labute approximate surface area is 257 Å². The number of allylic oxidation sites excluding steroid dienone is 5. The monoisotopic (exact) mass is 559 g/mol. The van der Waals surface area contributed by atoms with E-state index < -0.39 is 5.41 Å². The highest BCUT2D eigenvalue weighted by Gasteiger charge is 2.44. The lowest BCUT2D eigenvalue weighted by Gasteiger charge is -2.42. The number of pyridine rings is 1. The van der Waals surface area contributed by atoms with Crippen molar-refractivity contribution in [2.45, 2.75) is 11.3 Å². The maximum atomic E-state index is 5.17. The summed E-state index contributed by atoms with van der Waals surface area (Å²) in [5.41, 5.74) is 11.7. The summed E-state index contributed by atoms with van der Waals surface area (Å²) in [7, 11) is 0. The van der Waals surface area contributed by atoms with Gasteiger partial charge in [-0.15, -0.1) is 0 Å². The van der Waals surface area contributed by atoms with E-state index in [2.05, 4.69) is 164 Å². The van der Waals surface area contributed by atoms with Crippen molar-refractivity contribution < 1.29 is 0 Å². The topological polar surface area (TPSA) is 12.9 Å². The predicted octanol–water partition coefficient (Wildman–Crippen LogP) is 10.7. The minimum absolute atomic E-state index is 0.135. The van der Waals surface area contributed by atoms with E-state index in [9.17, 15) is 0 Å². The van der Waals surface area contributed by atoms with Gasteiger partial charge in [0, 0.05) is 27.6 Å². The van der Waals surface area contributed by atoms with E-state index in [1.807, 2.05) is 0 Å². The molecule has 0 radical (unpaired) electrons. The van der Waals surface area contributed by atoms with Crippen molar-refractivity contribution in [2.24, 2.45) is 0 Å². The van der Waals surface area contributed by atoms with E-state index in [0.29, 0.717) is 0 Å². The van der Waals surface area contributed by atoms with Gasteiger partial charge in [0.25, 0.3) is 0 Å². The van der Waals surface area contributed by atoms with E-state index in [1.54, 1.807) is 0 Å². The second-order valence-electron chi connectivity index (χ2n) is 12.0. The largest absolute Gasteiger partial charge is 0.247 e. The number of nitrogens with zero attached hydrogens (tertiary/aromatic N) is 1. The zero-order chi connectivity index (χ0) is 29.3. The van der Waals surface area contributed by atoms with Gasteiger partial charge in [-0.2, -0.15) is 0 Å².